The first-order valence-electron chi connectivity index (χ1n) is 5.77. The van der Waals surface area contributed by atoms with Gasteiger partial charge in [-0.1, -0.05) is 0 Å². The number of esters is 1. The third-order valence-electron chi connectivity index (χ3n) is 2.83. The molecule has 1 rings (SSSR count). The molecule has 1 aliphatic rings. The zero-order valence-electron chi connectivity index (χ0n) is 10.2. The van der Waals surface area contributed by atoms with Gasteiger partial charge in [0.2, 0.25) is 0 Å². The highest BCUT2D eigenvalue weighted by Gasteiger charge is 2.19. The molecule has 0 radical (unpaired) electrons. The van der Waals surface area contributed by atoms with Gasteiger partial charge in [-0.2, -0.15) is 0 Å². The molecule has 5 nitrogen and oxygen atoms in total. The third kappa shape index (κ3) is 4.92. The molecule has 5 heteroatoms. The number of hydrogen-bond acceptors (Lipinski definition) is 5. The molecule has 1 N–H and O–H groups in total. The van der Waals surface area contributed by atoms with Crippen molar-refractivity contribution in [2.24, 2.45) is 0 Å². The summed E-state index contributed by atoms with van der Waals surface area (Å²) in [7, 11) is 3.09. The van der Waals surface area contributed by atoms with Crippen molar-refractivity contribution < 1.29 is 14.3 Å². The van der Waals surface area contributed by atoms with Crippen molar-refractivity contribution in [1.29, 1.82) is 0 Å². The van der Waals surface area contributed by atoms with Gasteiger partial charge in [0, 0.05) is 26.2 Å². The average Bonchev–Trinajstić information content (AvgIpc) is 2.78. The van der Waals surface area contributed by atoms with Crippen LogP contribution in [0.25, 0.3) is 0 Å². The molecule has 0 aromatic carbocycles. The zero-order chi connectivity index (χ0) is 11.8. The average molecular weight is 230 g/mol. The van der Waals surface area contributed by atoms with E-state index in [9.17, 15) is 4.79 Å². The molecule has 1 atom stereocenters. The number of rotatable bonds is 7. The predicted octanol–water partition coefficient (Wildman–Crippen LogP) is -0.140. The maximum Gasteiger partial charge on any atom is 0.319 e. The zero-order valence-corrected chi connectivity index (χ0v) is 10.2. The number of methoxy groups -OCH3 is 2. The van der Waals surface area contributed by atoms with Gasteiger partial charge < -0.3 is 14.8 Å². The van der Waals surface area contributed by atoms with Crippen LogP contribution in [0.1, 0.15) is 12.8 Å². The van der Waals surface area contributed by atoms with Gasteiger partial charge in [-0.15, -0.1) is 0 Å². The van der Waals surface area contributed by atoms with Crippen LogP contribution in [-0.4, -0.2) is 63.9 Å². The van der Waals surface area contributed by atoms with Crippen molar-refractivity contribution in [1.82, 2.24) is 10.2 Å². The molecule has 0 aromatic heterocycles. The van der Waals surface area contributed by atoms with E-state index in [1.54, 1.807) is 7.11 Å². The van der Waals surface area contributed by atoms with Gasteiger partial charge in [-0.05, 0) is 19.4 Å². The van der Waals surface area contributed by atoms with E-state index in [0.29, 0.717) is 19.2 Å². The second kappa shape index (κ2) is 7.60. The SMILES string of the molecule is COCCN(CC(=O)OC)CC1CCCN1. The Balaban J connectivity index is 2.32. The quantitative estimate of drug-likeness (QED) is 0.617. The van der Waals surface area contributed by atoms with Crippen molar-refractivity contribution in [2.75, 3.05) is 47.0 Å². The van der Waals surface area contributed by atoms with Gasteiger partial charge in [0.25, 0.3) is 0 Å². The summed E-state index contributed by atoms with van der Waals surface area (Å²) in [4.78, 5) is 13.3. The molecule has 1 unspecified atom stereocenters. The van der Waals surface area contributed by atoms with E-state index < -0.39 is 0 Å². The number of hydrogen-bond donors (Lipinski definition) is 1. The van der Waals surface area contributed by atoms with Crippen LogP contribution in [0.4, 0.5) is 0 Å². The summed E-state index contributed by atoms with van der Waals surface area (Å²) >= 11 is 0. The third-order valence-corrected chi connectivity index (χ3v) is 2.83. The maximum absolute atomic E-state index is 11.2. The second-order valence-corrected chi connectivity index (χ2v) is 4.10. The lowest BCUT2D eigenvalue weighted by atomic mass is 10.2. The molecule has 0 spiro atoms. The monoisotopic (exact) mass is 230 g/mol. The van der Waals surface area contributed by atoms with E-state index in [4.69, 9.17) is 4.74 Å². The standard InChI is InChI=1S/C11H22N2O3/c1-15-7-6-13(9-11(14)16-2)8-10-4-3-5-12-10/h10,12H,3-9H2,1-2H3. The first-order chi connectivity index (χ1) is 7.76. The summed E-state index contributed by atoms with van der Waals surface area (Å²) in [5.41, 5.74) is 0. The van der Waals surface area contributed by atoms with Crippen molar-refractivity contribution >= 4 is 5.97 Å². The lowest BCUT2D eigenvalue weighted by molar-refractivity contribution is -0.142. The highest BCUT2D eigenvalue weighted by molar-refractivity contribution is 5.71. The first-order valence-corrected chi connectivity index (χ1v) is 5.77. The van der Waals surface area contributed by atoms with Gasteiger partial charge >= 0.3 is 5.97 Å². The largest absolute Gasteiger partial charge is 0.468 e. The number of nitrogens with one attached hydrogen (secondary N) is 1. The number of ether oxygens (including phenoxy) is 2. The van der Waals surface area contributed by atoms with Gasteiger partial charge in [-0.25, -0.2) is 0 Å². The Kier molecular flexibility index (Phi) is 6.37. The van der Waals surface area contributed by atoms with Crippen LogP contribution in [-0.2, 0) is 14.3 Å². The fraction of sp³-hybridized carbons (Fsp3) is 0.909. The molecule has 0 amide bonds. The van der Waals surface area contributed by atoms with E-state index >= 15 is 0 Å². The minimum absolute atomic E-state index is 0.186. The molecule has 1 heterocycles. The molecule has 94 valence electrons. The highest BCUT2D eigenvalue weighted by Crippen LogP contribution is 2.06. The second-order valence-electron chi connectivity index (χ2n) is 4.10. The molecule has 1 fully saturated rings. The van der Waals surface area contributed by atoms with Crippen molar-refractivity contribution in [2.45, 2.75) is 18.9 Å². The topological polar surface area (TPSA) is 50.8 Å². The summed E-state index contributed by atoms with van der Waals surface area (Å²) < 4.78 is 9.72. The fourth-order valence-electron chi connectivity index (χ4n) is 1.93. The summed E-state index contributed by atoms with van der Waals surface area (Å²) in [5.74, 6) is -0.186. The van der Waals surface area contributed by atoms with E-state index in [2.05, 4.69) is 15.0 Å². The van der Waals surface area contributed by atoms with Crippen molar-refractivity contribution in [3.63, 3.8) is 0 Å². The van der Waals surface area contributed by atoms with Crippen molar-refractivity contribution in [3.8, 4) is 0 Å². The number of carbonyl (C=O) groups excluding carboxylic acids is 1. The Morgan fingerprint density at radius 2 is 2.31 bits per heavy atom. The van der Waals surface area contributed by atoms with E-state index in [-0.39, 0.29) is 5.97 Å². The molecule has 16 heavy (non-hydrogen) atoms. The molecule has 1 aliphatic heterocycles. The maximum atomic E-state index is 11.2. The molecular weight excluding hydrogens is 208 g/mol. The van der Waals surface area contributed by atoms with Crippen LogP contribution in [0, 0.1) is 0 Å². The summed E-state index contributed by atoms with van der Waals surface area (Å²) in [5, 5.41) is 3.42. The lowest BCUT2D eigenvalue weighted by Crippen LogP contribution is -2.41. The fourth-order valence-corrected chi connectivity index (χ4v) is 1.93. The smallest absolute Gasteiger partial charge is 0.319 e. The summed E-state index contributed by atoms with van der Waals surface area (Å²) in [6, 6.07) is 0.501. The molecule has 0 bridgehead atoms. The highest BCUT2D eigenvalue weighted by atomic mass is 16.5. The summed E-state index contributed by atoms with van der Waals surface area (Å²) in [6.07, 6.45) is 2.41. The lowest BCUT2D eigenvalue weighted by Gasteiger charge is -2.24. The molecule has 0 aromatic rings. The van der Waals surface area contributed by atoms with Crippen LogP contribution >= 0.6 is 0 Å². The minimum Gasteiger partial charge on any atom is -0.468 e. The van der Waals surface area contributed by atoms with Crippen LogP contribution in [0.2, 0.25) is 0 Å². The molecule has 1 saturated heterocycles. The Labute approximate surface area is 97.1 Å². The van der Waals surface area contributed by atoms with Gasteiger partial charge in [0.15, 0.2) is 0 Å². The Morgan fingerprint density at radius 1 is 1.50 bits per heavy atom. The first kappa shape index (κ1) is 13.4. The van der Waals surface area contributed by atoms with Crippen LogP contribution in [0.5, 0.6) is 0 Å². The van der Waals surface area contributed by atoms with Crippen LogP contribution in [0.3, 0.4) is 0 Å². The van der Waals surface area contributed by atoms with Crippen LogP contribution in [0.15, 0.2) is 0 Å². The molecular formula is C11H22N2O3. The number of carbonyl (C=O) groups is 1. The van der Waals surface area contributed by atoms with Gasteiger partial charge in [-0.3, -0.25) is 9.69 Å². The van der Waals surface area contributed by atoms with E-state index in [1.165, 1.54) is 20.0 Å². The van der Waals surface area contributed by atoms with Crippen molar-refractivity contribution in [3.05, 3.63) is 0 Å². The Morgan fingerprint density at radius 3 is 2.88 bits per heavy atom. The molecule has 0 saturated carbocycles. The van der Waals surface area contributed by atoms with Crippen LogP contribution < -0.4 is 5.32 Å². The number of nitrogens with zero attached hydrogens (tertiary/aromatic N) is 1. The Bertz CT molecular complexity index is 205. The Hall–Kier alpha value is -0.650. The van der Waals surface area contributed by atoms with E-state index in [0.717, 1.165) is 19.6 Å². The predicted molar refractivity (Wildman–Crippen MR) is 61.4 cm³/mol. The molecule has 0 aliphatic carbocycles. The minimum atomic E-state index is -0.186. The normalized spacial score (nSPS) is 20.3. The van der Waals surface area contributed by atoms with Gasteiger partial charge in [0.1, 0.15) is 0 Å². The van der Waals surface area contributed by atoms with E-state index in [1.807, 2.05) is 0 Å². The summed E-state index contributed by atoms with van der Waals surface area (Å²) in [6.45, 7) is 3.73. The van der Waals surface area contributed by atoms with Gasteiger partial charge in [0.05, 0.1) is 20.3 Å².